The lowest BCUT2D eigenvalue weighted by molar-refractivity contribution is 0.0526. The first kappa shape index (κ1) is 21.3. The third-order valence-corrected chi connectivity index (χ3v) is 5.07. The lowest BCUT2D eigenvalue weighted by atomic mass is 10.1. The molecule has 160 valence electrons. The SMILES string of the molecule is CCOC(=O)c1cc(-c2ccc(/C=N\NC(=O)c3ccc4ccccc4c3)o2)ccc1Cl. The van der Waals surface area contributed by atoms with Crippen LogP contribution in [0, 0.1) is 0 Å². The number of fused-ring (bicyclic) bond motifs is 1. The van der Waals surface area contributed by atoms with Gasteiger partial charge < -0.3 is 9.15 Å². The Hall–Kier alpha value is -3.90. The zero-order valence-electron chi connectivity index (χ0n) is 17.2. The lowest BCUT2D eigenvalue weighted by Crippen LogP contribution is -2.17. The fraction of sp³-hybridized carbons (Fsp3) is 0.0800. The van der Waals surface area contributed by atoms with E-state index in [1.165, 1.54) is 6.21 Å². The van der Waals surface area contributed by atoms with E-state index in [2.05, 4.69) is 10.5 Å². The summed E-state index contributed by atoms with van der Waals surface area (Å²) in [4.78, 5) is 24.4. The van der Waals surface area contributed by atoms with E-state index in [1.54, 1.807) is 43.3 Å². The molecular formula is C25H19ClN2O4. The molecule has 1 heterocycles. The molecule has 0 spiro atoms. The predicted molar refractivity (Wildman–Crippen MR) is 124 cm³/mol. The molecule has 1 aromatic heterocycles. The second-order valence-electron chi connectivity index (χ2n) is 6.88. The van der Waals surface area contributed by atoms with Gasteiger partial charge in [0.1, 0.15) is 11.5 Å². The van der Waals surface area contributed by atoms with Crippen molar-refractivity contribution in [1.82, 2.24) is 5.43 Å². The molecule has 3 aromatic carbocycles. The maximum Gasteiger partial charge on any atom is 0.339 e. The van der Waals surface area contributed by atoms with Gasteiger partial charge in [-0.2, -0.15) is 5.10 Å². The maximum atomic E-state index is 12.4. The molecule has 0 fully saturated rings. The van der Waals surface area contributed by atoms with Gasteiger partial charge in [-0.05, 0) is 60.2 Å². The highest BCUT2D eigenvalue weighted by Gasteiger charge is 2.14. The molecule has 7 heteroatoms. The summed E-state index contributed by atoms with van der Waals surface area (Å²) < 4.78 is 10.8. The molecule has 4 aromatic rings. The molecule has 0 bridgehead atoms. The molecular weight excluding hydrogens is 428 g/mol. The highest BCUT2D eigenvalue weighted by atomic mass is 35.5. The molecule has 0 aliphatic heterocycles. The molecule has 0 aliphatic rings. The Morgan fingerprint density at radius 1 is 1.03 bits per heavy atom. The number of benzene rings is 3. The van der Waals surface area contributed by atoms with Crippen LogP contribution in [0.3, 0.4) is 0 Å². The molecule has 32 heavy (non-hydrogen) atoms. The summed E-state index contributed by atoms with van der Waals surface area (Å²) in [5, 5.41) is 6.31. The standard InChI is InChI=1S/C25H19ClN2O4/c1-2-31-25(30)21-14-18(9-11-22(21)26)23-12-10-20(32-23)15-27-28-24(29)19-8-7-16-5-3-4-6-17(16)13-19/h3-15H,2H2,1H3,(H,28,29)/b27-15-. The van der Waals surface area contributed by atoms with Gasteiger partial charge >= 0.3 is 5.97 Å². The Morgan fingerprint density at radius 2 is 1.84 bits per heavy atom. The number of nitrogens with one attached hydrogen (secondary N) is 1. The summed E-state index contributed by atoms with van der Waals surface area (Å²) in [5.74, 6) is 0.139. The largest absolute Gasteiger partial charge is 0.462 e. The maximum absolute atomic E-state index is 12.4. The first-order valence-electron chi connectivity index (χ1n) is 9.94. The third-order valence-electron chi connectivity index (χ3n) is 4.74. The van der Waals surface area contributed by atoms with E-state index >= 15 is 0 Å². The Bertz CT molecular complexity index is 1330. The number of ether oxygens (including phenoxy) is 1. The second-order valence-corrected chi connectivity index (χ2v) is 7.29. The predicted octanol–water partition coefficient (Wildman–Crippen LogP) is 5.69. The fourth-order valence-corrected chi connectivity index (χ4v) is 3.37. The monoisotopic (exact) mass is 446 g/mol. The van der Waals surface area contributed by atoms with E-state index in [-0.39, 0.29) is 18.1 Å². The highest BCUT2D eigenvalue weighted by Crippen LogP contribution is 2.27. The molecule has 1 N–H and O–H groups in total. The Labute approximate surface area is 189 Å². The van der Waals surface area contributed by atoms with E-state index in [0.29, 0.717) is 27.7 Å². The van der Waals surface area contributed by atoms with Gasteiger partial charge in [-0.3, -0.25) is 4.79 Å². The molecule has 0 saturated carbocycles. The number of rotatable bonds is 6. The van der Waals surface area contributed by atoms with Crippen molar-refractivity contribution in [2.45, 2.75) is 6.92 Å². The normalized spacial score (nSPS) is 11.1. The van der Waals surface area contributed by atoms with Crippen LogP contribution < -0.4 is 5.43 Å². The van der Waals surface area contributed by atoms with Crippen molar-refractivity contribution in [1.29, 1.82) is 0 Å². The average molecular weight is 447 g/mol. The molecule has 0 saturated heterocycles. The number of hydrazone groups is 1. The fourth-order valence-electron chi connectivity index (χ4n) is 3.17. The van der Waals surface area contributed by atoms with Gasteiger partial charge in [-0.15, -0.1) is 0 Å². The molecule has 0 atom stereocenters. The Kier molecular flexibility index (Phi) is 6.33. The van der Waals surface area contributed by atoms with E-state index in [1.807, 2.05) is 36.4 Å². The summed E-state index contributed by atoms with van der Waals surface area (Å²) >= 11 is 6.11. The van der Waals surface area contributed by atoms with Gasteiger partial charge in [0.15, 0.2) is 0 Å². The highest BCUT2D eigenvalue weighted by molar-refractivity contribution is 6.33. The third kappa shape index (κ3) is 4.71. The van der Waals surface area contributed by atoms with Crippen LogP contribution in [0.1, 0.15) is 33.4 Å². The van der Waals surface area contributed by atoms with Crippen molar-refractivity contribution in [3.05, 3.63) is 94.7 Å². The van der Waals surface area contributed by atoms with Crippen LogP contribution in [0.2, 0.25) is 5.02 Å². The topological polar surface area (TPSA) is 80.9 Å². The van der Waals surface area contributed by atoms with Gasteiger partial charge in [0.25, 0.3) is 5.91 Å². The van der Waals surface area contributed by atoms with E-state index < -0.39 is 5.97 Å². The molecule has 0 radical (unpaired) electrons. The van der Waals surface area contributed by atoms with Crippen molar-refractivity contribution in [3.8, 4) is 11.3 Å². The van der Waals surface area contributed by atoms with Gasteiger partial charge in [0, 0.05) is 11.1 Å². The van der Waals surface area contributed by atoms with E-state index in [4.69, 9.17) is 20.8 Å². The summed E-state index contributed by atoms with van der Waals surface area (Å²) in [5.41, 5.74) is 3.93. The first-order valence-corrected chi connectivity index (χ1v) is 10.3. The molecule has 4 rings (SSSR count). The summed E-state index contributed by atoms with van der Waals surface area (Å²) in [6, 6.07) is 21.7. The number of carbonyl (C=O) groups excluding carboxylic acids is 2. The smallest absolute Gasteiger partial charge is 0.339 e. The number of amides is 1. The molecule has 6 nitrogen and oxygen atoms in total. The minimum atomic E-state index is -0.496. The van der Waals surface area contributed by atoms with Crippen molar-refractivity contribution >= 4 is 40.5 Å². The Balaban J connectivity index is 1.45. The van der Waals surface area contributed by atoms with Crippen molar-refractivity contribution in [2.75, 3.05) is 6.61 Å². The first-order chi connectivity index (χ1) is 15.5. The van der Waals surface area contributed by atoms with Crippen molar-refractivity contribution in [3.63, 3.8) is 0 Å². The number of halogens is 1. The number of esters is 1. The second kappa shape index (κ2) is 9.49. The summed E-state index contributed by atoms with van der Waals surface area (Å²) in [6.45, 7) is 1.98. The van der Waals surface area contributed by atoms with Gasteiger partial charge in [-0.1, -0.05) is 41.9 Å². The Morgan fingerprint density at radius 3 is 2.66 bits per heavy atom. The number of nitrogens with zero attached hydrogens (tertiary/aromatic N) is 1. The zero-order valence-corrected chi connectivity index (χ0v) is 17.9. The van der Waals surface area contributed by atoms with Crippen LogP contribution in [0.25, 0.3) is 22.1 Å². The van der Waals surface area contributed by atoms with Crippen LogP contribution in [0.4, 0.5) is 0 Å². The number of hydrogen-bond acceptors (Lipinski definition) is 5. The number of furan rings is 1. The number of hydrogen-bond donors (Lipinski definition) is 1. The minimum Gasteiger partial charge on any atom is -0.462 e. The molecule has 0 unspecified atom stereocenters. The van der Waals surface area contributed by atoms with Crippen LogP contribution in [-0.4, -0.2) is 24.7 Å². The van der Waals surface area contributed by atoms with Gasteiger partial charge in [0.05, 0.1) is 23.4 Å². The van der Waals surface area contributed by atoms with Gasteiger partial charge in [0.2, 0.25) is 0 Å². The van der Waals surface area contributed by atoms with Crippen molar-refractivity contribution < 1.29 is 18.7 Å². The minimum absolute atomic E-state index is 0.256. The van der Waals surface area contributed by atoms with E-state index in [9.17, 15) is 9.59 Å². The summed E-state index contributed by atoms with van der Waals surface area (Å²) in [7, 11) is 0. The lowest BCUT2D eigenvalue weighted by Gasteiger charge is -2.05. The van der Waals surface area contributed by atoms with Crippen LogP contribution in [-0.2, 0) is 4.74 Å². The molecule has 1 amide bonds. The quantitative estimate of drug-likeness (QED) is 0.234. The summed E-state index contributed by atoms with van der Waals surface area (Å²) in [6.07, 6.45) is 1.41. The van der Waals surface area contributed by atoms with E-state index in [0.717, 1.165) is 10.8 Å². The van der Waals surface area contributed by atoms with Crippen LogP contribution in [0.5, 0.6) is 0 Å². The zero-order chi connectivity index (χ0) is 22.5. The van der Waals surface area contributed by atoms with Crippen LogP contribution in [0.15, 0.2) is 82.3 Å². The molecule has 0 aliphatic carbocycles. The van der Waals surface area contributed by atoms with Crippen molar-refractivity contribution in [2.24, 2.45) is 5.10 Å². The average Bonchev–Trinajstić information content (AvgIpc) is 3.28. The van der Waals surface area contributed by atoms with Gasteiger partial charge in [-0.25, -0.2) is 10.2 Å². The van der Waals surface area contributed by atoms with Crippen LogP contribution >= 0.6 is 11.6 Å². The number of carbonyl (C=O) groups is 2.